The molecular formula is C16H23N5O2. The summed E-state index contributed by atoms with van der Waals surface area (Å²) < 4.78 is 0. The molecule has 0 unspecified atom stereocenters. The number of rotatable bonds is 4. The zero-order valence-electron chi connectivity index (χ0n) is 14.2. The zero-order valence-corrected chi connectivity index (χ0v) is 14.2. The number of carbonyl (C=O) groups is 1. The standard InChI is InChI=1S/C16H23N5O2/c1-6-10-7-11(21-20-10)8-17-13(22)12-9(2)18-15(16(3,4)5)19-14(12)23/h7H,6,8H2,1-5H3,(H,17,22)(H,20,21)(H,18,19,23). The Balaban J connectivity index is 2.18. The lowest BCUT2D eigenvalue weighted by atomic mass is 9.95. The minimum atomic E-state index is -0.440. The molecule has 0 aromatic carbocycles. The van der Waals surface area contributed by atoms with E-state index in [1.54, 1.807) is 6.92 Å². The minimum Gasteiger partial charge on any atom is -0.346 e. The van der Waals surface area contributed by atoms with Gasteiger partial charge in [-0.25, -0.2) is 4.98 Å². The average molecular weight is 317 g/mol. The van der Waals surface area contributed by atoms with Crippen LogP contribution in [0.15, 0.2) is 10.9 Å². The van der Waals surface area contributed by atoms with Crippen molar-refractivity contribution in [3.63, 3.8) is 0 Å². The molecule has 0 spiro atoms. The Morgan fingerprint density at radius 1 is 1.35 bits per heavy atom. The van der Waals surface area contributed by atoms with Crippen LogP contribution in [-0.4, -0.2) is 26.1 Å². The molecule has 0 fully saturated rings. The van der Waals surface area contributed by atoms with E-state index in [0.29, 0.717) is 11.5 Å². The molecule has 0 saturated carbocycles. The molecule has 0 saturated heterocycles. The second-order valence-corrected chi connectivity index (χ2v) is 6.55. The van der Waals surface area contributed by atoms with Gasteiger partial charge in [0, 0.05) is 5.41 Å². The van der Waals surface area contributed by atoms with Gasteiger partial charge in [-0.2, -0.15) is 5.10 Å². The highest BCUT2D eigenvalue weighted by atomic mass is 16.2. The Morgan fingerprint density at radius 3 is 2.57 bits per heavy atom. The summed E-state index contributed by atoms with van der Waals surface area (Å²) in [6, 6.07) is 1.89. The van der Waals surface area contributed by atoms with Crippen LogP contribution in [0.25, 0.3) is 0 Å². The van der Waals surface area contributed by atoms with Crippen molar-refractivity contribution in [2.24, 2.45) is 0 Å². The monoisotopic (exact) mass is 317 g/mol. The number of hydrogen-bond acceptors (Lipinski definition) is 4. The zero-order chi connectivity index (χ0) is 17.2. The first kappa shape index (κ1) is 16.9. The molecule has 23 heavy (non-hydrogen) atoms. The van der Waals surface area contributed by atoms with Gasteiger partial charge in [-0.3, -0.25) is 14.7 Å². The first-order valence-corrected chi connectivity index (χ1v) is 7.65. The number of H-pyrrole nitrogens is 2. The Kier molecular flexibility index (Phi) is 4.68. The molecule has 2 heterocycles. The number of nitrogens with one attached hydrogen (secondary N) is 3. The third kappa shape index (κ3) is 3.85. The van der Waals surface area contributed by atoms with Crippen molar-refractivity contribution < 1.29 is 4.79 Å². The predicted molar refractivity (Wildman–Crippen MR) is 87.4 cm³/mol. The number of amides is 1. The number of aryl methyl sites for hydroxylation is 2. The lowest BCUT2D eigenvalue weighted by Crippen LogP contribution is -2.33. The van der Waals surface area contributed by atoms with Crippen molar-refractivity contribution in [2.45, 2.75) is 53.0 Å². The molecule has 0 bridgehead atoms. The average Bonchev–Trinajstić information content (AvgIpc) is 2.91. The summed E-state index contributed by atoms with van der Waals surface area (Å²) in [6.07, 6.45) is 0.821. The molecule has 1 amide bonds. The summed E-state index contributed by atoms with van der Waals surface area (Å²) in [5, 5.41) is 9.68. The molecule has 0 radical (unpaired) electrons. The van der Waals surface area contributed by atoms with Gasteiger partial charge >= 0.3 is 0 Å². The van der Waals surface area contributed by atoms with Gasteiger partial charge in [0.25, 0.3) is 11.5 Å². The largest absolute Gasteiger partial charge is 0.346 e. The van der Waals surface area contributed by atoms with Gasteiger partial charge in [0.05, 0.1) is 23.6 Å². The van der Waals surface area contributed by atoms with Gasteiger partial charge in [-0.1, -0.05) is 27.7 Å². The Morgan fingerprint density at radius 2 is 2.04 bits per heavy atom. The van der Waals surface area contributed by atoms with E-state index in [0.717, 1.165) is 17.8 Å². The maximum atomic E-state index is 12.3. The van der Waals surface area contributed by atoms with E-state index in [9.17, 15) is 9.59 Å². The summed E-state index contributed by atoms with van der Waals surface area (Å²) >= 11 is 0. The van der Waals surface area contributed by atoms with E-state index in [4.69, 9.17) is 0 Å². The van der Waals surface area contributed by atoms with Crippen LogP contribution >= 0.6 is 0 Å². The van der Waals surface area contributed by atoms with E-state index in [2.05, 4.69) is 25.5 Å². The fourth-order valence-electron chi connectivity index (χ4n) is 2.15. The van der Waals surface area contributed by atoms with Gasteiger partial charge in [0.1, 0.15) is 11.4 Å². The topological polar surface area (TPSA) is 104 Å². The van der Waals surface area contributed by atoms with Crippen LogP contribution in [0.3, 0.4) is 0 Å². The Hall–Kier alpha value is -2.44. The lowest BCUT2D eigenvalue weighted by Gasteiger charge is -2.18. The van der Waals surface area contributed by atoms with Gasteiger partial charge < -0.3 is 10.3 Å². The van der Waals surface area contributed by atoms with Crippen molar-refractivity contribution in [1.82, 2.24) is 25.5 Å². The highest BCUT2D eigenvalue weighted by Gasteiger charge is 2.22. The first-order chi connectivity index (χ1) is 10.7. The van der Waals surface area contributed by atoms with E-state index < -0.39 is 11.5 Å². The molecule has 2 rings (SSSR count). The molecule has 2 aromatic heterocycles. The smallest absolute Gasteiger partial charge is 0.264 e. The van der Waals surface area contributed by atoms with Crippen molar-refractivity contribution in [3.05, 3.63) is 44.9 Å². The normalized spacial score (nSPS) is 11.5. The van der Waals surface area contributed by atoms with Crippen LogP contribution in [0.2, 0.25) is 0 Å². The highest BCUT2D eigenvalue weighted by Crippen LogP contribution is 2.17. The number of nitrogens with zero attached hydrogens (tertiary/aromatic N) is 2. The highest BCUT2D eigenvalue weighted by molar-refractivity contribution is 5.94. The quantitative estimate of drug-likeness (QED) is 0.796. The van der Waals surface area contributed by atoms with E-state index >= 15 is 0 Å². The third-order valence-corrected chi connectivity index (χ3v) is 3.52. The first-order valence-electron chi connectivity index (χ1n) is 7.65. The predicted octanol–water partition coefficient (Wildman–Crippen LogP) is 1.59. The van der Waals surface area contributed by atoms with Crippen LogP contribution in [0.1, 0.15) is 61.0 Å². The van der Waals surface area contributed by atoms with Gasteiger partial charge in [-0.15, -0.1) is 0 Å². The number of hydrogen-bond donors (Lipinski definition) is 3. The summed E-state index contributed by atoms with van der Waals surface area (Å²) in [5.41, 5.74) is 1.50. The third-order valence-electron chi connectivity index (χ3n) is 3.52. The van der Waals surface area contributed by atoms with Crippen LogP contribution in [0.4, 0.5) is 0 Å². The van der Waals surface area contributed by atoms with E-state index in [1.165, 1.54) is 0 Å². The summed E-state index contributed by atoms with van der Waals surface area (Å²) in [7, 11) is 0. The van der Waals surface area contributed by atoms with Crippen molar-refractivity contribution in [2.75, 3.05) is 0 Å². The molecule has 124 valence electrons. The fourth-order valence-corrected chi connectivity index (χ4v) is 2.15. The van der Waals surface area contributed by atoms with Gasteiger partial charge in [0.2, 0.25) is 0 Å². The second-order valence-electron chi connectivity index (χ2n) is 6.55. The van der Waals surface area contributed by atoms with Crippen molar-refractivity contribution in [3.8, 4) is 0 Å². The SMILES string of the molecule is CCc1cc(CNC(=O)c2c(C)nc(C(C)(C)C)[nH]c2=O)[nH]n1. The van der Waals surface area contributed by atoms with Crippen LogP contribution < -0.4 is 10.9 Å². The maximum Gasteiger partial charge on any atom is 0.264 e. The molecule has 7 heteroatoms. The van der Waals surface area contributed by atoms with Crippen LogP contribution in [0, 0.1) is 6.92 Å². The molecular weight excluding hydrogens is 294 g/mol. The maximum absolute atomic E-state index is 12.3. The molecule has 0 aliphatic heterocycles. The molecule has 0 aliphatic carbocycles. The molecule has 2 aromatic rings. The summed E-state index contributed by atoms with van der Waals surface area (Å²) in [4.78, 5) is 31.6. The van der Waals surface area contributed by atoms with Crippen molar-refractivity contribution >= 4 is 5.91 Å². The summed E-state index contributed by atoms with van der Waals surface area (Å²) in [5.74, 6) is 0.127. The number of aromatic nitrogens is 4. The molecule has 0 atom stereocenters. The summed E-state index contributed by atoms with van der Waals surface area (Å²) in [6.45, 7) is 9.82. The Bertz CT molecular complexity index is 768. The van der Waals surface area contributed by atoms with Gasteiger partial charge in [-0.05, 0) is 19.4 Å². The number of aromatic amines is 2. The van der Waals surface area contributed by atoms with E-state index in [-0.39, 0.29) is 17.5 Å². The lowest BCUT2D eigenvalue weighted by molar-refractivity contribution is 0.0947. The van der Waals surface area contributed by atoms with Crippen LogP contribution in [-0.2, 0) is 18.4 Å². The van der Waals surface area contributed by atoms with E-state index in [1.807, 2.05) is 33.8 Å². The second kappa shape index (κ2) is 6.36. The minimum absolute atomic E-state index is 0.0493. The van der Waals surface area contributed by atoms with Crippen LogP contribution in [0.5, 0.6) is 0 Å². The Labute approximate surface area is 134 Å². The molecule has 3 N–H and O–H groups in total. The fraction of sp³-hybridized carbons (Fsp3) is 0.500. The number of carbonyl (C=O) groups excluding carboxylic acids is 1. The van der Waals surface area contributed by atoms with Gasteiger partial charge in [0.15, 0.2) is 0 Å². The molecule has 7 nitrogen and oxygen atoms in total. The molecule has 0 aliphatic rings. The van der Waals surface area contributed by atoms with Crippen molar-refractivity contribution in [1.29, 1.82) is 0 Å².